The van der Waals surface area contributed by atoms with Gasteiger partial charge in [0.15, 0.2) is 0 Å². The molecule has 0 aliphatic carbocycles. The molecule has 120 valence electrons. The fourth-order valence-corrected chi connectivity index (χ4v) is 2.52. The minimum Gasteiger partial charge on any atom is -0.393 e. The van der Waals surface area contributed by atoms with Crippen molar-refractivity contribution in [1.82, 2.24) is 0 Å². The smallest absolute Gasteiger partial charge is 0.0543 e. The molecule has 1 nitrogen and oxygen atoms in total. The number of hydrogen-bond donors (Lipinski definition) is 1. The molecule has 1 N–H and O–H groups in total. The van der Waals surface area contributed by atoms with Crippen molar-refractivity contribution in [2.75, 3.05) is 0 Å². The number of aliphatic hydroxyl groups excluding tert-OH is 1. The van der Waals surface area contributed by atoms with Crippen LogP contribution in [0.1, 0.15) is 104 Å². The van der Waals surface area contributed by atoms with Crippen LogP contribution in [0.4, 0.5) is 0 Å². The van der Waals surface area contributed by atoms with Crippen LogP contribution in [-0.2, 0) is 0 Å². The Bertz CT molecular complexity index is 198. The first kappa shape index (κ1) is 19.7. The van der Waals surface area contributed by atoms with Gasteiger partial charge in [0.1, 0.15) is 0 Å². The number of unbranched alkanes of at least 4 members (excludes halogenated alkanes) is 9. The highest BCUT2D eigenvalue weighted by Crippen LogP contribution is 2.11. The van der Waals surface area contributed by atoms with Crippen molar-refractivity contribution >= 4 is 0 Å². The summed E-state index contributed by atoms with van der Waals surface area (Å²) in [6.07, 6.45) is 21.9. The molecular weight excluding hydrogens is 244 g/mol. The molecular formula is C19H38O. The van der Waals surface area contributed by atoms with Crippen LogP contribution in [0.15, 0.2) is 12.2 Å². The van der Waals surface area contributed by atoms with Gasteiger partial charge in [-0.1, -0.05) is 83.8 Å². The SMILES string of the molecule is CCCCCC/C=C\CCC(O)CCCCCCCC. The third kappa shape index (κ3) is 15.8. The molecule has 0 fully saturated rings. The largest absolute Gasteiger partial charge is 0.393 e. The molecule has 0 aliphatic heterocycles. The Morgan fingerprint density at radius 2 is 1.20 bits per heavy atom. The highest BCUT2D eigenvalue weighted by atomic mass is 16.3. The molecule has 0 rings (SSSR count). The summed E-state index contributed by atoms with van der Waals surface area (Å²) in [5.74, 6) is 0. The predicted octanol–water partition coefficient (Wildman–Crippen LogP) is 6.40. The number of aliphatic hydroxyl groups is 1. The van der Waals surface area contributed by atoms with Crippen LogP contribution >= 0.6 is 0 Å². The van der Waals surface area contributed by atoms with Crippen molar-refractivity contribution in [1.29, 1.82) is 0 Å². The van der Waals surface area contributed by atoms with Gasteiger partial charge in [-0.25, -0.2) is 0 Å². The summed E-state index contributed by atoms with van der Waals surface area (Å²) >= 11 is 0. The first-order valence-electron chi connectivity index (χ1n) is 9.14. The van der Waals surface area contributed by atoms with Gasteiger partial charge in [-0.2, -0.15) is 0 Å². The van der Waals surface area contributed by atoms with Gasteiger partial charge >= 0.3 is 0 Å². The minimum atomic E-state index is -0.0779. The summed E-state index contributed by atoms with van der Waals surface area (Å²) in [4.78, 5) is 0. The zero-order valence-corrected chi connectivity index (χ0v) is 14.1. The van der Waals surface area contributed by atoms with Gasteiger partial charge in [0, 0.05) is 0 Å². The summed E-state index contributed by atoms with van der Waals surface area (Å²) in [5.41, 5.74) is 0. The maximum atomic E-state index is 9.89. The Balaban J connectivity index is 3.23. The minimum absolute atomic E-state index is 0.0779. The molecule has 0 aromatic heterocycles. The molecule has 0 aromatic rings. The second-order valence-electron chi connectivity index (χ2n) is 6.11. The molecule has 1 heteroatoms. The third-order valence-electron chi connectivity index (χ3n) is 3.95. The summed E-state index contributed by atoms with van der Waals surface area (Å²) < 4.78 is 0. The Kier molecular flexibility index (Phi) is 16.5. The molecule has 0 bridgehead atoms. The first-order valence-corrected chi connectivity index (χ1v) is 9.14. The molecule has 0 spiro atoms. The van der Waals surface area contributed by atoms with Gasteiger partial charge < -0.3 is 5.11 Å². The molecule has 0 saturated carbocycles. The fourth-order valence-electron chi connectivity index (χ4n) is 2.52. The van der Waals surface area contributed by atoms with Crippen LogP contribution in [0.5, 0.6) is 0 Å². The fraction of sp³-hybridized carbons (Fsp3) is 0.895. The lowest BCUT2D eigenvalue weighted by Crippen LogP contribution is -2.05. The van der Waals surface area contributed by atoms with E-state index in [1.165, 1.54) is 70.6 Å². The lowest BCUT2D eigenvalue weighted by molar-refractivity contribution is 0.152. The number of hydrogen-bond acceptors (Lipinski definition) is 1. The van der Waals surface area contributed by atoms with E-state index < -0.39 is 0 Å². The maximum Gasteiger partial charge on any atom is 0.0543 e. The topological polar surface area (TPSA) is 20.2 Å². The summed E-state index contributed by atoms with van der Waals surface area (Å²) in [6.45, 7) is 4.50. The average Bonchev–Trinajstić information content (AvgIpc) is 2.45. The van der Waals surface area contributed by atoms with Crippen molar-refractivity contribution in [3.05, 3.63) is 12.2 Å². The van der Waals surface area contributed by atoms with Crippen LogP contribution in [0.25, 0.3) is 0 Å². The molecule has 20 heavy (non-hydrogen) atoms. The van der Waals surface area contributed by atoms with Crippen molar-refractivity contribution < 1.29 is 5.11 Å². The summed E-state index contributed by atoms with van der Waals surface area (Å²) in [5, 5.41) is 9.89. The van der Waals surface area contributed by atoms with Crippen LogP contribution in [0.2, 0.25) is 0 Å². The monoisotopic (exact) mass is 282 g/mol. The van der Waals surface area contributed by atoms with E-state index >= 15 is 0 Å². The molecule has 0 aromatic carbocycles. The summed E-state index contributed by atoms with van der Waals surface area (Å²) in [7, 11) is 0. The van der Waals surface area contributed by atoms with Crippen LogP contribution in [-0.4, -0.2) is 11.2 Å². The van der Waals surface area contributed by atoms with E-state index in [0.29, 0.717) is 0 Å². The lowest BCUT2D eigenvalue weighted by atomic mass is 10.0. The van der Waals surface area contributed by atoms with Gasteiger partial charge in [-0.15, -0.1) is 0 Å². The molecule has 1 unspecified atom stereocenters. The van der Waals surface area contributed by atoms with Gasteiger partial charge in [0.25, 0.3) is 0 Å². The highest BCUT2D eigenvalue weighted by molar-refractivity contribution is 4.82. The quantitative estimate of drug-likeness (QED) is 0.272. The standard InChI is InChI=1S/C19H38O/c1-3-5-7-9-11-12-14-16-18-19(20)17-15-13-10-8-6-4-2/h12,14,19-20H,3-11,13,15-18H2,1-2H3/b14-12-. The van der Waals surface area contributed by atoms with Gasteiger partial charge in [0.2, 0.25) is 0 Å². The van der Waals surface area contributed by atoms with Crippen molar-refractivity contribution in [3.8, 4) is 0 Å². The van der Waals surface area contributed by atoms with Gasteiger partial charge in [-0.3, -0.25) is 0 Å². The predicted molar refractivity (Wildman–Crippen MR) is 91.1 cm³/mol. The molecule has 1 atom stereocenters. The Morgan fingerprint density at radius 3 is 1.90 bits per heavy atom. The van der Waals surface area contributed by atoms with Crippen molar-refractivity contribution in [2.45, 2.75) is 110 Å². The third-order valence-corrected chi connectivity index (χ3v) is 3.95. The van der Waals surface area contributed by atoms with Crippen LogP contribution in [0.3, 0.4) is 0 Å². The van der Waals surface area contributed by atoms with E-state index in [1.54, 1.807) is 0 Å². The van der Waals surface area contributed by atoms with E-state index in [0.717, 1.165) is 19.3 Å². The van der Waals surface area contributed by atoms with Crippen molar-refractivity contribution in [2.24, 2.45) is 0 Å². The second kappa shape index (κ2) is 16.8. The number of allylic oxidation sites excluding steroid dienone is 2. The zero-order chi connectivity index (χ0) is 14.9. The average molecular weight is 283 g/mol. The molecule has 0 aliphatic rings. The number of rotatable bonds is 15. The summed E-state index contributed by atoms with van der Waals surface area (Å²) in [6, 6.07) is 0. The zero-order valence-electron chi connectivity index (χ0n) is 14.1. The molecule has 0 saturated heterocycles. The first-order chi connectivity index (χ1) is 9.81. The van der Waals surface area contributed by atoms with Crippen LogP contribution in [0, 0.1) is 0 Å². The molecule has 0 amide bonds. The van der Waals surface area contributed by atoms with Gasteiger partial charge in [0.05, 0.1) is 6.10 Å². The van der Waals surface area contributed by atoms with E-state index in [4.69, 9.17) is 0 Å². The van der Waals surface area contributed by atoms with Gasteiger partial charge in [-0.05, 0) is 32.1 Å². The van der Waals surface area contributed by atoms with Crippen molar-refractivity contribution in [3.63, 3.8) is 0 Å². The second-order valence-corrected chi connectivity index (χ2v) is 6.11. The van der Waals surface area contributed by atoms with E-state index in [2.05, 4.69) is 26.0 Å². The Hall–Kier alpha value is -0.300. The van der Waals surface area contributed by atoms with E-state index in [9.17, 15) is 5.11 Å². The van der Waals surface area contributed by atoms with E-state index in [1.807, 2.05) is 0 Å². The lowest BCUT2D eigenvalue weighted by Gasteiger charge is -2.08. The highest BCUT2D eigenvalue weighted by Gasteiger charge is 2.02. The normalized spacial score (nSPS) is 13.2. The molecule has 0 heterocycles. The Morgan fingerprint density at radius 1 is 0.650 bits per heavy atom. The van der Waals surface area contributed by atoms with E-state index in [-0.39, 0.29) is 6.10 Å². The Labute approximate surface area is 127 Å². The molecule has 0 radical (unpaired) electrons. The maximum absolute atomic E-state index is 9.89. The van der Waals surface area contributed by atoms with Crippen LogP contribution < -0.4 is 0 Å².